The van der Waals surface area contributed by atoms with Crippen LogP contribution in [-0.2, 0) is 16.0 Å². The molecule has 0 unspecified atom stereocenters. The Labute approximate surface area is 186 Å². The Bertz CT molecular complexity index is 1010. The number of benzene rings is 2. The van der Waals surface area contributed by atoms with E-state index in [0.29, 0.717) is 31.6 Å². The van der Waals surface area contributed by atoms with Gasteiger partial charge >= 0.3 is 0 Å². The molecule has 0 aliphatic carbocycles. The van der Waals surface area contributed by atoms with Gasteiger partial charge in [0.1, 0.15) is 17.0 Å². The second kappa shape index (κ2) is 9.08. The van der Waals surface area contributed by atoms with E-state index in [2.05, 4.69) is 5.10 Å². The summed E-state index contributed by atoms with van der Waals surface area (Å²) in [4.78, 5) is 27.9. The second-order valence-corrected chi connectivity index (χ2v) is 8.33. The van der Waals surface area contributed by atoms with Gasteiger partial charge in [0.05, 0.1) is 18.4 Å². The first kappa shape index (κ1) is 22.0. The van der Waals surface area contributed by atoms with Gasteiger partial charge in [0, 0.05) is 33.0 Å². The predicted molar refractivity (Wildman–Crippen MR) is 118 cm³/mol. The molecule has 0 bridgehead atoms. The van der Waals surface area contributed by atoms with E-state index in [4.69, 9.17) is 10.5 Å². The summed E-state index contributed by atoms with van der Waals surface area (Å²) in [5, 5.41) is 5.86. The fourth-order valence-electron chi connectivity index (χ4n) is 4.41. The van der Waals surface area contributed by atoms with Crippen LogP contribution in [0.25, 0.3) is 0 Å². The standard InChI is InChI=1S/C24H27FN4O3/c1-28-23(31)24(15-17-5-3-2-4-6-17)16-29(13-11-21(24)27-28)22(30)20(26)12-14-32-19-9-7-18(25)8-10-19/h2-10,20H,11-16,26H2,1H3/t20-,24-/m1/s1. The molecule has 0 spiro atoms. The van der Waals surface area contributed by atoms with Crippen molar-refractivity contribution < 1.29 is 18.7 Å². The molecular weight excluding hydrogens is 411 g/mol. The van der Waals surface area contributed by atoms with Crippen molar-refractivity contribution in [1.29, 1.82) is 0 Å². The van der Waals surface area contributed by atoms with E-state index in [1.54, 1.807) is 11.9 Å². The molecule has 32 heavy (non-hydrogen) atoms. The molecule has 4 rings (SSSR count). The van der Waals surface area contributed by atoms with Crippen LogP contribution in [0.2, 0.25) is 0 Å². The van der Waals surface area contributed by atoms with Crippen molar-refractivity contribution in [3.8, 4) is 5.75 Å². The SMILES string of the molecule is CN1N=C2CCN(C(=O)[C@H](N)CCOc3ccc(F)cc3)C[C@@]2(Cc2ccccc2)C1=O. The smallest absolute Gasteiger partial charge is 0.256 e. The first-order chi connectivity index (χ1) is 15.4. The Morgan fingerprint density at radius 1 is 1.22 bits per heavy atom. The Hall–Kier alpha value is -3.26. The molecule has 2 atom stereocenters. The van der Waals surface area contributed by atoms with E-state index >= 15 is 0 Å². The van der Waals surface area contributed by atoms with Crippen LogP contribution >= 0.6 is 0 Å². The predicted octanol–water partition coefficient (Wildman–Crippen LogP) is 2.21. The maximum atomic E-state index is 13.2. The van der Waals surface area contributed by atoms with Gasteiger partial charge in [-0.15, -0.1) is 0 Å². The highest BCUT2D eigenvalue weighted by Crippen LogP contribution is 2.38. The minimum Gasteiger partial charge on any atom is -0.494 e. The summed E-state index contributed by atoms with van der Waals surface area (Å²) in [5.41, 5.74) is 7.17. The number of piperidine rings is 1. The second-order valence-electron chi connectivity index (χ2n) is 8.33. The molecule has 2 N–H and O–H groups in total. The average molecular weight is 439 g/mol. The van der Waals surface area contributed by atoms with Crippen molar-refractivity contribution in [3.63, 3.8) is 0 Å². The largest absolute Gasteiger partial charge is 0.494 e. The summed E-state index contributed by atoms with van der Waals surface area (Å²) in [6.45, 7) is 0.965. The number of nitrogens with two attached hydrogens (primary N) is 1. The minimum absolute atomic E-state index is 0.0953. The Balaban J connectivity index is 1.42. The van der Waals surface area contributed by atoms with E-state index in [1.807, 2.05) is 30.3 Å². The van der Waals surface area contributed by atoms with Crippen LogP contribution in [0.5, 0.6) is 5.75 Å². The van der Waals surface area contributed by atoms with Crippen LogP contribution in [0.15, 0.2) is 59.7 Å². The van der Waals surface area contributed by atoms with Gasteiger partial charge < -0.3 is 15.4 Å². The van der Waals surface area contributed by atoms with Crippen molar-refractivity contribution in [2.24, 2.45) is 16.3 Å². The molecule has 2 aliphatic heterocycles. The van der Waals surface area contributed by atoms with E-state index in [1.165, 1.54) is 29.3 Å². The van der Waals surface area contributed by atoms with Crippen LogP contribution < -0.4 is 10.5 Å². The van der Waals surface area contributed by atoms with Crippen molar-refractivity contribution in [2.75, 3.05) is 26.7 Å². The summed E-state index contributed by atoms with van der Waals surface area (Å²) in [6.07, 6.45) is 1.34. The van der Waals surface area contributed by atoms with Gasteiger partial charge in [-0.2, -0.15) is 5.10 Å². The molecule has 168 valence electrons. The van der Waals surface area contributed by atoms with Gasteiger partial charge in [0.2, 0.25) is 5.91 Å². The summed E-state index contributed by atoms with van der Waals surface area (Å²) < 4.78 is 18.6. The molecule has 1 saturated heterocycles. The molecule has 0 radical (unpaired) electrons. The third-order valence-corrected chi connectivity index (χ3v) is 6.09. The van der Waals surface area contributed by atoms with E-state index < -0.39 is 11.5 Å². The van der Waals surface area contributed by atoms with Crippen LogP contribution in [0.4, 0.5) is 4.39 Å². The van der Waals surface area contributed by atoms with Crippen LogP contribution in [0.3, 0.4) is 0 Å². The lowest BCUT2D eigenvalue weighted by Gasteiger charge is -2.40. The first-order valence-electron chi connectivity index (χ1n) is 10.7. The number of carbonyl (C=O) groups is 2. The van der Waals surface area contributed by atoms with Crippen molar-refractivity contribution in [3.05, 3.63) is 66.0 Å². The summed E-state index contributed by atoms with van der Waals surface area (Å²) in [5.74, 6) is -0.122. The number of hydrazone groups is 1. The Morgan fingerprint density at radius 2 is 1.94 bits per heavy atom. The normalized spacial score (nSPS) is 21.2. The third kappa shape index (κ3) is 4.36. The molecule has 2 aromatic carbocycles. The average Bonchev–Trinajstić information content (AvgIpc) is 3.04. The van der Waals surface area contributed by atoms with Gasteiger partial charge in [-0.1, -0.05) is 30.3 Å². The van der Waals surface area contributed by atoms with Gasteiger partial charge in [0.25, 0.3) is 5.91 Å². The number of ether oxygens (including phenoxy) is 1. The van der Waals surface area contributed by atoms with Gasteiger partial charge in [-0.05, 0) is 36.2 Å². The van der Waals surface area contributed by atoms with Crippen LogP contribution in [0.1, 0.15) is 18.4 Å². The molecule has 8 heteroatoms. The van der Waals surface area contributed by atoms with Crippen molar-refractivity contribution >= 4 is 17.5 Å². The number of rotatable bonds is 7. The van der Waals surface area contributed by atoms with Crippen LogP contribution in [-0.4, -0.2) is 60.2 Å². The molecule has 7 nitrogen and oxygen atoms in total. The number of likely N-dealkylation sites (tertiary alicyclic amines) is 1. The zero-order chi connectivity index (χ0) is 22.7. The van der Waals surface area contributed by atoms with Crippen LogP contribution in [0, 0.1) is 11.2 Å². The molecular formula is C24H27FN4O3. The fourth-order valence-corrected chi connectivity index (χ4v) is 4.41. The van der Waals surface area contributed by atoms with E-state index in [9.17, 15) is 14.0 Å². The number of fused-ring (bicyclic) bond motifs is 1. The topological polar surface area (TPSA) is 88.2 Å². The highest BCUT2D eigenvalue weighted by Gasteiger charge is 2.53. The van der Waals surface area contributed by atoms with Gasteiger partial charge in [0.15, 0.2) is 0 Å². The number of carbonyl (C=O) groups excluding carboxylic acids is 2. The molecule has 0 saturated carbocycles. The van der Waals surface area contributed by atoms with E-state index in [0.717, 1.165) is 11.3 Å². The van der Waals surface area contributed by atoms with Crippen molar-refractivity contribution in [1.82, 2.24) is 9.91 Å². The summed E-state index contributed by atoms with van der Waals surface area (Å²) >= 11 is 0. The summed E-state index contributed by atoms with van der Waals surface area (Å²) in [6, 6.07) is 14.7. The highest BCUT2D eigenvalue weighted by molar-refractivity contribution is 6.13. The molecule has 1 fully saturated rings. The number of amides is 2. The fraction of sp³-hybridized carbons (Fsp3) is 0.375. The quantitative estimate of drug-likeness (QED) is 0.718. The Morgan fingerprint density at radius 3 is 2.66 bits per heavy atom. The molecule has 2 heterocycles. The minimum atomic E-state index is -0.853. The van der Waals surface area contributed by atoms with Gasteiger partial charge in [-0.3, -0.25) is 9.59 Å². The molecule has 0 aromatic heterocycles. The van der Waals surface area contributed by atoms with Crippen molar-refractivity contribution in [2.45, 2.75) is 25.3 Å². The zero-order valence-corrected chi connectivity index (χ0v) is 18.0. The number of halogens is 1. The zero-order valence-electron chi connectivity index (χ0n) is 18.0. The lowest BCUT2D eigenvalue weighted by molar-refractivity contribution is -0.140. The lowest BCUT2D eigenvalue weighted by Crippen LogP contribution is -2.58. The number of nitrogens with zero attached hydrogens (tertiary/aromatic N) is 3. The Kier molecular flexibility index (Phi) is 6.23. The van der Waals surface area contributed by atoms with Gasteiger partial charge in [-0.25, -0.2) is 9.40 Å². The number of hydrogen-bond acceptors (Lipinski definition) is 5. The maximum absolute atomic E-state index is 13.2. The maximum Gasteiger partial charge on any atom is 0.256 e. The number of hydrogen-bond donors (Lipinski definition) is 1. The first-order valence-corrected chi connectivity index (χ1v) is 10.7. The molecule has 2 aliphatic rings. The molecule has 2 amide bonds. The lowest BCUT2D eigenvalue weighted by atomic mass is 9.73. The van der Waals surface area contributed by atoms with E-state index in [-0.39, 0.29) is 30.8 Å². The highest BCUT2D eigenvalue weighted by atomic mass is 19.1. The molecule has 2 aromatic rings. The monoisotopic (exact) mass is 438 g/mol. The third-order valence-electron chi connectivity index (χ3n) is 6.09. The summed E-state index contributed by atoms with van der Waals surface area (Å²) in [7, 11) is 1.66.